The molecule has 2 rings (SSSR count). The summed E-state index contributed by atoms with van der Waals surface area (Å²) in [6.07, 6.45) is 3.38. The van der Waals surface area contributed by atoms with Crippen LogP contribution in [0.1, 0.15) is 29.6 Å². The summed E-state index contributed by atoms with van der Waals surface area (Å²) in [6, 6.07) is 4.73. The Hall–Kier alpha value is -1.26. The number of halogens is 1. The third-order valence-corrected chi connectivity index (χ3v) is 3.25. The number of nitrogens with one attached hydrogen (secondary N) is 1. The Kier molecular flexibility index (Phi) is 4.44. The molecule has 4 nitrogen and oxygen atoms in total. The van der Waals surface area contributed by atoms with Crippen LogP contribution in [-0.2, 0) is 4.74 Å². The van der Waals surface area contributed by atoms with Gasteiger partial charge >= 0.3 is 5.97 Å². The number of hydrogen-bond acceptors (Lipinski definition) is 3. The number of benzene rings is 1. The number of carboxylic acid groups (broad SMARTS) is 1. The number of hydrogen-bond donors (Lipinski definition) is 2. The average molecular weight is 270 g/mol. The molecule has 0 aliphatic carbocycles. The quantitative estimate of drug-likeness (QED) is 0.863. The molecule has 1 fully saturated rings. The zero-order valence-corrected chi connectivity index (χ0v) is 10.7. The van der Waals surface area contributed by atoms with E-state index in [9.17, 15) is 4.79 Å². The first-order valence-corrected chi connectivity index (χ1v) is 6.43. The molecule has 1 saturated heterocycles. The van der Waals surface area contributed by atoms with E-state index in [1.54, 1.807) is 12.1 Å². The Bertz CT molecular complexity index is 430. The van der Waals surface area contributed by atoms with Gasteiger partial charge in [-0.2, -0.15) is 0 Å². The summed E-state index contributed by atoms with van der Waals surface area (Å²) in [5.74, 6) is -0.953. The van der Waals surface area contributed by atoms with Gasteiger partial charge < -0.3 is 15.2 Å². The Morgan fingerprint density at radius 1 is 1.56 bits per heavy atom. The second-order valence-corrected chi connectivity index (χ2v) is 4.78. The lowest BCUT2D eigenvalue weighted by atomic mass is 10.1. The van der Waals surface area contributed by atoms with Crippen LogP contribution in [0, 0.1) is 0 Å². The fourth-order valence-electron chi connectivity index (χ4n) is 2.09. The van der Waals surface area contributed by atoms with Crippen molar-refractivity contribution in [3.63, 3.8) is 0 Å². The van der Waals surface area contributed by atoms with Crippen LogP contribution in [0.15, 0.2) is 18.2 Å². The van der Waals surface area contributed by atoms with Crippen LogP contribution >= 0.6 is 11.6 Å². The first kappa shape index (κ1) is 13.2. The number of carboxylic acids is 1. The largest absolute Gasteiger partial charge is 0.478 e. The van der Waals surface area contributed by atoms with Crippen molar-refractivity contribution in [1.29, 1.82) is 0 Å². The van der Waals surface area contributed by atoms with Crippen molar-refractivity contribution in [2.75, 3.05) is 18.5 Å². The van der Waals surface area contributed by atoms with Crippen molar-refractivity contribution in [3.8, 4) is 0 Å². The molecule has 18 heavy (non-hydrogen) atoms. The zero-order valence-electron chi connectivity index (χ0n) is 9.99. The summed E-state index contributed by atoms with van der Waals surface area (Å²) in [4.78, 5) is 11.0. The third-order valence-electron chi connectivity index (χ3n) is 3.02. The van der Waals surface area contributed by atoms with Gasteiger partial charge in [0.1, 0.15) is 0 Å². The molecular weight excluding hydrogens is 254 g/mol. The van der Waals surface area contributed by atoms with E-state index in [-0.39, 0.29) is 5.56 Å². The maximum absolute atomic E-state index is 11.0. The van der Waals surface area contributed by atoms with E-state index in [1.807, 2.05) is 0 Å². The van der Waals surface area contributed by atoms with E-state index < -0.39 is 5.97 Å². The van der Waals surface area contributed by atoms with Gasteiger partial charge in [-0.3, -0.25) is 0 Å². The number of rotatable bonds is 5. The van der Waals surface area contributed by atoms with Crippen molar-refractivity contribution in [2.45, 2.75) is 25.4 Å². The van der Waals surface area contributed by atoms with Crippen LogP contribution in [0.5, 0.6) is 0 Å². The Morgan fingerprint density at radius 3 is 3.06 bits per heavy atom. The van der Waals surface area contributed by atoms with Crippen LogP contribution < -0.4 is 5.32 Å². The van der Waals surface area contributed by atoms with Crippen molar-refractivity contribution < 1.29 is 14.6 Å². The van der Waals surface area contributed by atoms with Gasteiger partial charge in [0.2, 0.25) is 0 Å². The van der Waals surface area contributed by atoms with E-state index in [4.69, 9.17) is 21.4 Å². The van der Waals surface area contributed by atoms with E-state index in [0.29, 0.717) is 23.4 Å². The molecule has 1 atom stereocenters. The van der Waals surface area contributed by atoms with E-state index in [2.05, 4.69) is 5.32 Å². The highest BCUT2D eigenvalue weighted by molar-refractivity contribution is 6.31. The fourth-order valence-corrected chi connectivity index (χ4v) is 2.26. The van der Waals surface area contributed by atoms with Gasteiger partial charge in [0.25, 0.3) is 0 Å². The fraction of sp³-hybridized carbons (Fsp3) is 0.462. The normalized spacial score (nSPS) is 18.8. The molecule has 0 aromatic heterocycles. The van der Waals surface area contributed by atoms with Crippen molar-refractivity contribution >= 4 is 23.3 Å². The minimum absolute atomic E-state index is 0.242. The second-order valence-electron chi connectivity index (χ2n) is 4.35. The predicted octanol–water partition coefficient (Wildman–Crippen LogP) is 3.02. The summed E-state index contributed by atoms with van der Waals surface area (Å²) < 4.78 is 5.51. The Labute approximate surface area is 111 Å². The van der Waals surface area contributed by atoms with Crippen LogP contribution in [0.4, 0.5) is 5.69 Å². The second kappa shape index (κ2) is 6.07. The zero-order chi connectivity index (χ0) is 13.0. The minimum atomic E-state index is -0.953. The molecule has 0 saturated carbocycles. The third kappa shape index (κ3) is 3.37. The van der Waals surface area contributed by atoms with Crippen LogP contribution in [0.25, 0.3) is 0 Å². The molecule has 0 spiro atoms. The number of ether oxygens (including phenoxy) is 1. The SMILES string of the molecule is O=C(O)c1ccc(Cl)cc1NCCC1CCCO1. The van der Waals surface area contributed by atoms with Gasteiger partial charge in [0, 0.05) is 18.2 Å². The summed E-state index contributed by atoms with van der Waals surface area (Å²) >= 11 is 5.87. The van der Waals surface area contributed by atoms with E-state index in [0.717, 1.165) is 25.9 Å². The number of carbonyl (C=O) groups is 1. The van der Waals surface area contributed by atoms with Crippen LogP contribution in [0.3, 0.4) is 0 Å². The molecule has 1 aromatic rings. The first-order valence-electron chi connectivity index (χ1n) is 6.05. The lowest BCUT2D eigenvalue weighted by Gasteiger charge is -2.12. The molecule has 0 radical (unpaired) electrons. The maximum Gasteiger partial charge on any atom is 0.337 e. The molecule has 1 unspecified atom stereocenters. The first-order chi connectivity index (χ1) is 8.66. The van der Waals surface area contributed by atoms with Crippen LogP contribution in [0.2, 0.25) is 5.02 Å². The molecule has 1 heterocycles. The maximum atomic E-state index is 11.0. The monoisotopic (exact) mass is 269 g/mol. The molecule has 98 valence electrons. The summed E-state index contributed by atoms with van der Waals surface area (Å²) in [7, 11) is 0. The summed E-state index contributed by atoms with van der Waals surface area (Å²) in [5, 5.41) is 12.7. The Morgan fingerprint density at radius 2 is 2.39 bits per heavy atom. The van der Waals surface area contributed by atoms with Gasteiger partial charge in [-0.15, -0.1) is 0 Å². The van der Waals surface area contributed by atoms with Gasteiger partial charge in [-0.1, -0.05) is 11.6 Å². The molecular formula is C13H16ClNO3. The highest BCUT2D eigenvalue weighted by Gasteiger charge is 2.15. The minimum Gasteiger partial charge on any atom is -0.478 e. The predicted molar refractivity (Wildman–Crippen MR) is 70.5 cm³/mol. The average Bonchev–Trinajstić information content (AvgIpc) is 2.82. The Balaban J connectivity index is 1.94. The summed E-state index contributed by atoms with van der Waals surface area (Å²) in [6.45, 7) is 1.52. The molecule has 5 heteroatoms. The lowest BCUT2D eigenvalue weighted by Crippen LogP contribution is -2.14. The summed E-state index contributed by atoms with van der Waals surface area (Å²) in [5.41, 5.74) is 0.805. The van der Waals surface area contributed by atoms with Crippen LogP contribution in [-0.4, -0.2) is 30.3 Å². The van der Waals surface area contributed by atoms with E-state index >= 15 is 0 Å². The van der Waals surface area contributed by atoms with E-state index in [1.165, 1.54) is 6.07 Å². The van der Waals surface area contributed by atoms with Gasteiger partial charge in [0.15, 0.2) is 0 Å². The number of anilines is 1. The number of aromatic carboxylic acids is 1. The standard InChI is InChI=1S/C13H16ClNO3/c14-9-3-4-11(13(16)17)12(8-9)15-6-5-10-2-1-7-18-10/h3-4,8,10,15H,1-2,5-7H2,(H,16,17). The molecule has 0 amide bonds. The molecule has 2 N–H and O–H groups in total. The van der Waals surface area contributed by atoms with Crippen molar-refractivity contribution in [3.05, 3.63) is 28.8 Å². The molecule has 0 bridgehead atoms. The topological polar surface area (TPSA) is 58.6 Å². The highest BCUT2D eigenvalue weighted by atomic mass is 35.5. The molecule has 1 aromatic carbocycles. The molecule has 1 aliphatic heterocycles. The lowest BCUT2D eigenvalue weighted by molar-refractivity contribution is 0.0698. The van der Waals surface area contributed by atoms with Gasteiger partial charge in [-0.05, 0) is 37.5 Å². The smallest absolute Gasteiger partial charge is 0.337 e. The van der Waals surface area contributed by atoms with Crippen molar-refractivity contribution in [2.24, 2.45) is 0 Å². The highest BCUT2D eigenvalue weighted by Crippen LogP contribution is 2.22. The van der Waals surface area contributed by atoms with Gasteiger partial charge in [0.05, 0.1) is 17.4 Å². The van der Waals surface area contributed by atoms with Gasteiger partial charge in [-0.25, -0.2) is 4.79 Å². The molecule has 1 aliphatic rings. The van der Waals surface area contributed by atoms with Crippen molar-refractivity contribution in [1.82, 2.24) is 0 Å².